The molecule has 4 atom stereocenters. The quantitative estimate of drug-likeness (QED) is 0.236. The molecule has 11 nitrogen and oxygen atoms in total. The summed E-state index contributed by atoms with van der Waals surface area (Å²) in [6, 6.07) is 9.59. The molecule has 1 saturated heterocycles. The van der Waals surface area contributed by atoms with Gasteiger partial charge in [0.1, 0.15) is 13.2 Å². The maximum atomic E-state index is 14.3. The number of aliphatic carboxylic acids is 1. The smallest absolute Gasteiger partial charge is 0.471 e. The van der Waals surface area contributed by atoms with E-state index >= 15 is 0 Å². The average molecular weight is 665 g/mol. The zero-order chi connectivity index (χ0) is 33.9. The lowest BCUT2D eigenvalue weighted by atomic mass is 10.1. The summed E-state index contributed by atoms with van der Waals surface area (Å²) >= 11 is 0. The SMILES string of the molecule is O=C(NC(C(=O)OC[C@@H](C(=O)O)N(Cc1ccccc1)C(=O)C(F)(F)F)C(OC1CCCCO1)C(F)(F)F)OCc1ccccc1. The molecule has 3 unspecified atom stereocenters. The predicted octanol–water partition coefficient (Wildman–Crippen LogP) is 4.34. The Balaban J connectivity index is 1.87. The van der Waals surface area contributed by atoms with Crippen molar-refractivity contribution in [3.63, 3.8) is 0 Å². The summed E-state index contributed by atoms with van der Waals surface area (Å²) in [5.41, 5.74) is 0.504. The number of amides is 2. The first-order valence-corrected chi connectivity index (χ1v) is 13.8. The van der Waals surface area contributed by atoms with Gasteiger partial charge in [-0.05, 0) is 30.4 Å². The summed E-state index contributed by atoms with van der Waals surface area (Å²) in [6.07, 6.45) is -16.1. The first kappa shape index (κ1) is 36.1. The minimum absolute atomic E-state index is 0.00187. The number of nitrogens with one attached hydrogen (secondary N) is 1. The van der Waals surface area contributed by atoms with Gasteiger partial charge in [-0.1, -0.05) is 60.7 Å². The second-order valence-electron chi connectivity index (χ2n) is 9.98. The van der Waals surface area contributed by atoms with Crippen LogP contribution in [0.1, 0.15) is 30.4 Å². The Hall–Kier alpha value is -4.38. The number of carbonyl (C=O) groups excluding carboxylic acids is 3. The van der Waals surface area contributed by atoms with Crippen molar-refractivity contribution in [2.75, 3.05) is 13.2 Å². The van der Waals surface area contributed by atoms with E-state index in [1.165, 1.54) is 42.5 Å². The normalized spacial score (nSPS) is 17.2. The van der Waals surface area contributed by atoms with Gasteiger partial charge in [0.2, 0.25) is 0 Å². The van der Waals surface area contributed by atoms with E-state index in [9.17, 15) is 50.6 Å². The highest BCUT2D eigenvalue weighted by atomic mass is 19.4. The molecule has 17 heteroatoms. The van der Waals surface area contributed by atoms with Gasteiger partial charge in [-0.25, -0.2) is 14.4 Å². The third kappa shape index (κ3) is 10.9. The van der Waals surface area contributed by atoms with Gasteiger partial charge < -0.3 is 34.3 Å². The Bertz CT molecular complexity index is 1310. The molecule has 2 aromatic rings. The topological polar surface area (TPSA) is 141 Å². The number of carbonyl (C=O) groups is 4. The van der Waals surface area contributed by atoms with Crippen molar-refractivity contribution < 1.29 is 69.6 Å². The van der Waals surface area contributed by atoms with Gasteiger partial charge in [0.15, 0.2) is 24.5 Å². The molecule has 2 aromatic carbocycles. The molecule has 1 heterocycles. The molecule has 1 fully saturated rings. The number of halogens is 6. The minimum Gasteiger partial charge on any atom is -0.480 e. The molecule has 252 valence electrons. The number of hydrogen-bond acceptors (Lipinski definition) is 8. The molecule has 2 amide bonds. The predicted molar refractivity (Wildman–Crippen MR) is 143 cm³/mol. The Morgan fingerprint density at radius 1 is 0.913 bits per heavy atom. The van der Waals surface area contributed by atoms with Crippen LogP contribution in [0.2, 0.25) is 0 Å². The fourth-order valence-corrected chi connectivity index (χ4v) is 4.29. The van der Waals surface area contributed by atoms with Crippen LogP contribution in [0.3, 0.4) is 0 Å². The summed E-state index contributed by atoms with van der Waals surface area (Å²) < 4.78 is 103. The fraction of sp³-hybridized carbons (Fsp3) is 0.448. The molecule has 0 radical (unpaired) electrons. The van der Waals surface area contributed by atoms with Gasteiger partial charge in [-0.15, -0.1) is 0 Å². The van der Waals surface area contributed by atoms with Crippen LogP contribution < -0.4 is 5.32 Å². The summed E-state index contributed by atoms with van der Waals surface area (Å²) in [5, 5.41) is 11.4. The Morgan fingerprint density at radius 3 is 2.04 bits per heavy atom. The van der Waals surface area contributed by atoms with Crippen LogP contribution in [-0.2, 0) is 46.5 Å². The highest BCUT2D eigenvalue weighted by Gasteiger charge is 2.52. The van der Waals surface area contributed by atoms with Crippen LogP contribution in [0.4, 0.5) is 31.1 Å². The van der Waals surface area contributed by atoms with Crippen molar-refractivity contribution in [2.24, 2.45) is 0 Å². The first-order valence-electron chi connectivity index (χ1n) is 13.8. The molecular weight excluding hydrogens is 634 g/mol. The third-order valence-corrected chi connectivity index (χ3v) is 6.55. The number of carboxylic acids is 1. The van der Waals surface area contributed by atoms with Crippen LogP contribution in [0.5, 0.6) is 0 Å². The minimum atomic E-state index is -5.56. The van der Waals surface area contributed by atoms with Crippen LogP contribution in [-0.4, -0.2) is 84.0 Å². The van der Waals surface area contributed by atoms with Crippen molar-refractivity contribution in [3.05, 3.63) is 71.8 Å². The number of hydrogen-bond donors (Lipinski definition) is 2. The molecule has 0 spiro atoms. The number of alkyl carbamates (subject to hydrolysis) is 1. The Labute approximate surface area is 258 Å². The highest BCUT2D eigenvalue weighted by molar-refractivity contribution is 5.88. The molecule has 46 heavy (non-hydrogen) atoms. The number of ether oxygens (including phenoxy) is 4. The molecule has 0 saturated carbocycles. The van der Waals surface area contributed by atoms with E-state index in [4.69, 9.17) is 18.9 Å². The Kier molecular flexibility index (Phi) is 12.8. The third-order valence-electron chi connectivity index (χ3n) is 6.55. The van der Waals surface area contributed by atoms with E-state index in [0.717, 1.165) is 0 Å². The lowest BCUT2D eigenvalue weighted by Gasteiger charge is -2.33. The number of carboxylic acid groups (broad SMARTS) is 1. The van der Waals surface area contributed by atoms with Crippen LogP contribution in [0, 0.1) is 0 Å². The van der Waals surface area contributed by atoms with Gasteiger partial charge in [0.05, 0.1) is 0 Å². The van der Waals surface area contributed by atoms with Gasteiger partial charge in [0.25, 0.3) is 0 Å². The fourth-order valence-electron chi connectivity index (χ4n) is 4.29. The van der Waals surface area contributed by atoms with E-state index in [1.807, 2.05) is 0 Å². The lowest BCUT2D eigenvalue weighted by molar-refractivity contribution is -0.284. The lowest BCUT2D eigenvalue weighted by Crippen LogP contribution is -2.58. The summed E-state index contributed by atoms with van der Waals surface area (Å²) in [6.45, 7) is -2.81. The molecule has 3 rings (SSSR count). The maximum absolute atomic E-state index is 14.3. The number of rotatable bonds is 13. The van der Waals surface area contributed by atoms with Crippen LogP contribution in [0.25, 0.3) is 0 Å². The monoisotopic (exact) mass is 664 g/mol. The average Bonchev–Trinajstić information content (AvgIpc) is 3.01. The Morgan fingerprint density at radius 2 is 1.52 bits per heavy atom. The second kappa shape index (κ2) is 16.3. The molecule has 1 aliphatic rings. The van der Waals surface area contributed by atoms with Crippen LogP contribution >= 0.6 is 0 Å². The number of nitrogens with zero attached hydrogens (tertiary/aromatic N) is 1. The molecule has 0 bridgehead atoms. The first-order chi connectivity index (χ1) is 21.7. The van der Waals surface area contributed by atoms with Gasteiger partial charge in [0, 0.05) is 13.2 Å². The van der Waals surface area contributed by atoms with Crippen molar-refractivity contribution in [1.29, 1.82) is 0 Å². The van der Waals surface area contributed by atoms with Gasteiger partial charge in [-0.2, -0.15) is 26.3 Å². The van der Waals surface area contributed by atoms with Gasteiger partial charge in [-0.3, -0.25) is 4.79 Å². The molecule has 0 aromatic heterocycles. The second-order valence-corrected chi connectivity index (χ2v) is 9.98. The highest BCUT2D eigenvalue weighted by Crippen LogP contribution is 2.30. The maximum Gasteiger partial charge on any atom is 0.471 e. The van der Waals surface area contributed by atoms with E-state index < -0.39 is 80.5 Å². The standard InChI is InChI=1S/C29H30F6N2O9/c30-28(31,32)23(46-21-13-7-8-14-43-21)22(36-27(42)45-16-19-11-5-2-6-12-19)25(40)44-17-20(24(38)39)37(26(41)29(33,34)35)15-18-9-3-1-4-10-18/h1-6,9-12,20-23H,7-8,13-17H2,(H,36,42)(H,38,39)/t20-,21?,22?,23?/m0/s1. The van der Waals surface area contributed by atoms with Crippen LogP contribution in [0.15, 0.2) is 60.7 Å². The largest absolute Gasteiger partial charge is 0.480 e. The molecule has 0 aliphatic carbocycles. The molecular formula is C29H30F6N2O9. The van der Waals surface area contributed by atoms with E-state index in [-0.39, 0.29) is 23.5 Å². The van der Waals surface area contributed by atoms with E-state index in [0.29, 0.717) is 18.4 Å². The summed E-state index contributed by atoms with van der Waals surface area (Å²) in [5.74, 6) is -6.60. The van der Waals surface area contributed by atoms with Crippen molar-refractivity contribution >= 4 is 23.9 Å². The van der Waals surface area contributed by atoms with Crippen molar-refractivity contribution in [1.82, 2.24) is 10.2 Å². The number of alkyl halides is 6. The summed E-state index contributed by atoms with van der Waals surface area (Å²) in [7, 11) is 0. The molecule has 2 N–H and O–H groups in total. The van der Waals surface area contributed by atoms with Gasteiger partial charge >= 0.3 is 36.3 Å². The zero-order valence-electron chi connectivity index (χ0n) is 24.0. The van der Waals surface area contributed by atoms with Crippen molar-refractivity contribution in [3.8, 4) is 0 Å². The summed E-state index contributed by atoms with van der Waals surface area (Å²) in [4.78, 5) is 49.8. The van der Waals surface area contributed by atoms with E-state index in [2.05, 4.69) is 0 Å². The van der Waals surface area contributed by atoms with Crippen molar-refractivity contribution in [2.45, 2.75) is 69.2 Å². The zero-order valence-corrected chi connectivity index (χ0v) is 24.0. The molecule has 1 aliphatic heterocycles. The number of esters is 1. The van der Waals surface area contributed by atoms with E-state index in [1.54, 1.807) is 23.5 Å². The number of benzene rings is 2.